The van der Waals surface area contributed by atoms with Gasteiger partial charge in [-0.25, -0.2) is 4.79 Å². The highest BCUT2D eigenvalue weighted by Crippen LogP contribution is 2.38. The predicted molar refractivity (Wildman–Crippen MR) is 106 cm³/mol. The third-order valence-corrected chi connectivity index (χ3v) is 4.19. The molecule has 0 unspecified atom stereocenters. The number of nitrogens with one attached hydrogen (secondary N) is 1. The molecule has 2 aromatic carbocycles. The minimum absolute atomic E-state index is 0.200. The van der Waals surface area contributed by atoms with Crippen molar-refractivity contribution in [2.75, 3.05) is 35.0 Å². The third-order valence-electron chi connectivity index (χ3n) is 4.19. The smallest absolute Gasteiger partial charge is 0.338 e. The third kappa shape index (κ3) is 5.54. The summed E-state index contributed by atoms with van der Waals surface area (Å²) in [5, 5.41) is 2.68. The zero-order valence-corrected chi connectivity index (χ0v) is 17.2. The number of rotatable bonds is 9. The molecule has 8 nitrogen and oxygen atoms in total. The highest BCUT2D eigenvalue weighted by molar-refractivity contribution is 5.91. The molecule has 0 saturated carbocycles. The van der Waals surface area contributed by atoms with Crippen LogP contribution >= 0.6 is 0 Å². The molecular weight excluding hydrogens is 378 g/mol. The Balaban J connectivity index is 1.94. The van der Waals surface area contributed by atoms with Crippen molar-refractivity contribution in [2.24, 2.45) is 0 Å². The maximum absolute atomic E-state index is 12.1. The predicted octanol–water partition coefficient (Wildman–Crippen LogP) is 2.50. The van der Waals surface area contributed by atoms with E-state index in [2.05, 4.69) is 5.32 Å². The maximum Gasteiger partial charge on any atom is 0.338 e. The molecule has 29 heavy (non-hydrogen) atoms. The summed E-state index contributed by atoms with van der Waals surface area (Å²) in [6, 6.07) is 8.40. The number of esters is 1. The van der Waals surface area contributed by atoms with Gasteiger partial charge in [0.15, 0.2) is 18.1 Å². The molecule has 0 fully saturated rings. The topological polar surface area (TPSA) is 92.3 Å². The van der Waals surface area contributed by atoms with Crippen LogP contribution in [0.3, 0.4) is 0 Å². The van der Waals surface area contributed by atoms with E-state index in [0.717, 1.165) is 11.1 Å². The Bertz CT molecular complexity index is 854. The standard InChI is InChI=1S/C21H25NO7/c1-13-6-7-15(10-16(13)25-2)21(24)29-12-19(23)22-11-14-8-17(26-3)20(28-5)18(9-14)27-4/h6-10H,11-12H2,1-5H3,(H,22,23). The van der Waals surface area contributed by atoms with Gasteiger partial charge in [0.25, 0.3) is 5.91 Å². The van der Waals surface area contributed by atoms with Crippen LogP contribution in [0.15, 0.2) is 30.3 Å². The number of carbonyl (C=O) groups excluding carboxylic acids is 2. The Morgan fingerprint density at radius 1 is 0.862 bits per heavy atom. The summed E-state index contributed by atoms with van der Waals surface area (Å²) >= 11 is 0. The molecule has 2 rings (SSSR count). The molecule has 0 spiro atoms. The van der Waals surface area contributed by atoms with Crippen molar-refractivity contribution in [2.45, 2.75) is 13.5 Å². The molecule has 1 amide bonds. The van der Waals surface area contributed by atoms with Crippen molar-refractivity contribution in [3.63, 3.8) is 0 Å². The number of amides is 1. The van der Waals surface area contributed by atoms with Gasteiger partial charge in [0, 0.05) is 6.54 Å². The Kier molecular flexibility index (Phi) is 7.70. The first-order chi connectivity index (χ1) is 13.9. The molecule has 0 bridgehead atoms. The van der Waals surface area contributed by atoms with Gasteiger partial charge in [0.05, 0.1) is 34.0 Å². The number of ether oxygens (including phenoxy) is 5. The fourth-order valence-electron chi connectivity index (χ4n) is 2.65. The number of methoxy groups -OCH3 is 4. The lowest BCUT2D eigenvalue weighted by molar-refractivity contribution is -0.124. The van der Waals surface area contributed by atoms with Gasteiger partial charge in [-0.2, -0.15) is 0 Å². The van der Waals surface area contributed by atoms with Crippen LogP contribution in [-0.2, 0) is 16.1 Å². The Labute approximate surface area is 169 Å². The van der Waals surface area contributed by atoms with E-state index in [1.54, 1.807) is 30.3 Å². The lowest BCUT2D eigenvalue weighted by Gasteiger charge is -2.14. The zero-order valence-electron chi connectivity index (χ0n) is 17.2. The minimum atomic E-state index is -0.605. The van der Waals surface area contributed by atoms with Crippen molar-refractivity contribution in [1.29, 1.82) is 0 Å². The van der Waals surface area contributed by atoms with Crippen LogP contribution in [0.25, 0.3) is 0 Å². The lowest BCUT2D eigenvalue weighted by Crippen LogP contribution is -2.28. The second-order valence-corrected chi connectivity index (χ2v) is 6.07. The van der Waals surface area contributed by atoms with E-state index in [0.29, 0.717) is 28.6 Å². The van der Waals surface area contributed by atoms with Crippen molar-refractivity contribution in [1.82, 2.24) is 5.32 Å². The summed E-state index contributed by atoms with van der Waals surface area (Å²) in [5.41, 5.74) is 1.94. The summed E-state index contributed by atoms with van der Waals surface area (Å²) in [6.07, 6.45) is 0. The fourth-order valence-corrected chi connectivity index (χ4v) is 2.65. The maximum atomic E-state index is 12.1. The molecule has 0 aromatic heterocycles. The van der Waals surface area contributed by atoms with Crippen LogP contribution in [0, 0.1) is 6.92 Å². The fraction of sp³-hybridized carbons (Fsp3) is 0.333. The van der Waals surface area contributed by atoms with E-state index in [1.165, 1.54) is 28.4 Å². The molecule has 0 atom stereocenters. The summed E-state index contributed by atoms with van der Waals surface area (Å²) < 4.78 is 26.1. The first kappa shape index (κ1) is 21.9. The number of hydrogen-bond donors (Lipinski definition) is 1. The molecular formula is C21H25NO7. The molecule has 8 heteroatoms. The highest BCUT2D eigenvalue weighted by atomic mass is 16.5. The monoisotopic (exact) mass is 403 g/mol. The van der Waals surface area contributed by atoms with Gasteiger partial charge >= 0.3 is 5.97 Å². The molecule has 0 saturated heterocycles. The van der Waals surface area contributed by atoms with E-state index >= 15 is 0 Å². The summed E-state index contributed by atoms with van der Waals surface area (Å²) in [4.78, 5) is 24.2. The van der Waals surface area contributed by atoms with Crippen LogP contribution in [0.1, 0.15) is 21.5 Å². The van der Waals surface area contributed by atoms with Gasteiger partial charge in [-0.1, -0.05) is 6.07 Å². The van der Waals surface area contributed by atoms with Crippen LogP contribution in [0.5, 0.6) is 23.0 Å². The van der Waals surface area contributed by atoms with E-state index in [4.69, 9.17) is 23.7 Å². The summed E-state index contributed by atoms with van der Waals surface area (Å²) in [5.74, 6) is 0.961. The van der Waals surface area contributed by atoms with Crippen LogP contribution in [0.4, 0.5) is 0 Å². The number of aryl methyl sites for hydroxylation is 1. The summed E-state index contributed by atoms with van der Waals surface area (Å²) in [6.45, 7) is 1.66. The SMILES string of the molecule is COc1cc(C(=O)OCC(=O)NCc2cc(OC)c(OC)c(OC)c2)ccc1C. The zero-order chi connectivity index (χ0) is 21.4. The van der Waals surface area contributed by atoms with E-state index in [9.17, 15) is 9.59 Å². The Morgan fingerprint density at radius 2 is 1.48 bits per heavy atom. The number of hydrogen-bond acceptors (Lipinski definition) is 7. The molecule has 0 heterocycles. The van der Waals surface area contributed by atoms with Crippen molar-refractivity contribution < 1.29 is 33.3 Å². The Hall–Kier alpha value is -3.42. The van der Waals surface area contributed by atoms with Crippen molar-refractivity contribution >= 4 is 11.9 Å². The van der Waals surface area contributed by atoms with Gasteiger partial charge < -0.3 is 29.0 Å². The highest BCUT2D eigenvalue weighted by Gasteiger charge is 2.15. The number of carbonyl (C=O) groups is 2. The lowest BCUT2D eigenvalue weighted by atomic mass is 10.1. The first-order valence-corrected chi connectivity index (χ1v) is 8.80. The largest absolute Gasteiger partial charge is 0.496 e. The van der Waals surface area contributed by atoms with E-state index in [1.807, 2.05) is 6.92 Å². The molecule has 2 aromatic rings. The second-order valence-electron chi connectivity index (χ2n) is 6.07. The molecule has 0 aliphatic rings. The van der Waals surface area contributed by atoms with Crippen LogP contribution in [-0.4, -0.2) is 46.9 Å². The van der Waals surface area contributed by atoms with Crippen molar-refractivity contribution in [3.8, 4) is 23.0 Å². The van der Waals surface area contributed by atoms with Gasteiger partial charge in [-0.05, 0) is 42.3 Å². The average Bonchev–Trinajstić information content (AvgIpc) is 2.75. The molecule has 1 N–H and O–H groups in total. The van der Waals surface area contributed by atoms with E-state index in [-0.39, 0.29) is 6.54 Å². The van der Waals surface area contributed by atoms with Crippen molar-refractivity contribution in [3.05, 3.63) is 47.0 Å². The van der Waals surface area contributed by atoms with Gasteiger partial charge in [-0.3, -0.25) is 4.79 Å². The van der Waals surface area contributed by atoms with Gasteiger partial charge in [-0.15, -0.1) is 0 Å². The average molecular weight is 403 g/mol. The second kappa shape index (κ2) is 10.2. The quantitative estimate of drug-likeness (QED) is 0.643. The molecule has 156 valence electrons. The molecule has 0 aliphatic heterocycles. The van der Waals surface area contributed by atoms with Crippen LogP contribution < -0.4 is 24.3 Å². The normalized spacial score (nSPS) is 10.1. The van der Waals surface area contributed by atoms with Gasteiger partial charge in [0.2, 0.25) is 5.75 Å². The van der Waals surface area contributed by atoms with Gasteiger partial charge in [0.1, 0.15) is 5.75 Å². The van der Waals surface area contributed by atoms with Crippen LogP contribution in [0.2, 0.25) is 0 Å². The van der Waals surface area contributed by atoms with E-state index < -0.39 is 18.5 Å². The molecule has 0 radical (unpaired) electrons. The summed E-state index contributed by atoms with van der Waals surface area (Å²) in [7, 11) is 6.06. The minimum Gasteiger partial charge on any atom is -0.496 e. The first-order valence-electron chi connectivity index (χ1n) is 8.80. The number of benzene rings is 2. The Morgan fingerprint density at radius 3 is 2.03 bits per heavy atom. The molecule has 0 aliphatic carbocycles.